The number of unbranched alkanes of at least 4 members (excludes halogenated alkanes) is 1. The van der Waals surface area contributed by atoms with E-state index < -0.39 is 5.24 Å². The van der Waals surface area contributed by atoms with Gasteiger partial charge in [0.2, 0.25) is 5.88 Å². The van der Waals surface area contributed by atoms with E-state index in [1.165, 1.54) is 19.4 Å². The van der Waals surface area contributed by atoms with Crippen LogP contribution in [0, 0.1) is 0 Å². The molecule has 1 rings (SSSR count). The molecular formula is C11H14ClNO3. The summed E-state index contributed by atoms with van der Waals surface area (Å²) in [6, 6.07) is 1.54. The zero-order valence-corrected chi connectivity index (χ0v) is 10.1. The van der Waals surface area contributed by atoms with Crippen molar-refractivity contribution >= 4 is 16.8 Å². The molecule has 0 atom stereocenters. The third-order valence-electron chi connectivity index (χ3n) is 2.00. The smallest absolute Gasteiger partial charge is 0.257 e. The number of pyridine rings is 1. The van der Waals surface area contributed by atoms with E-state index in [-0.39, 0.29) is 11.4 Å². The molecule has 0 aliphatic carbocycles. The van der Waals surface area contributed by atoms with Gasteiger partial charge in [0.15, 0.2) is 0 Å². The Balaban J connectivity index is 2.81. The van der Waals surface area contributed by atoms with Crippen molar-refractivity contribution in [2.45, 2.75) is 19.8 Å². The van der Waals surface area contributed by atoms with Crippen molar-refractivity contribution in [2.75, 3.05) is 13.7 Å². The monoisotopic (exact) mass is 243 g/mol. The van der Waals surface area contributed by atoms with Gasteiger partial charge in [-0.25, -0.2) is 4.98 Å². The highest BCUT2D eigenvalue weighted by molar-refractivity contribution is 6.68. The van der Waals surface area contributed by atoms with Gasteiger partial charge in [-0.3, -0.25) is 4.79 Å². The zero-order valence-electron chi connectivity index (χ0n) is 9.33. The lowest BCUT2D eigenvalue weighted by Crippen LogP contribution is -2.02. The maximum atomic E-state index is 11.1. The van der Waals surface area contributed by atoms with E-state index in [4.69, 9.17) is 21.1 Å². The average molecular weight is 244 g/mol. The highest BCUT2D eigenvalue weighted by Crippen LogP contribution is 2.22. The predicted molar refractivity (Wildman–Crippen MR) is 61.4 cm³/mol. The maximum Gasteiger partial charge on any atom is 0.257 e. The molecule has 0 aliphatic heterocycles. The fourth-order valence-corrected chi connectivity index (χ4v) is 1.29. The minimum absolute atomic E-state index is 0.211. The van der Waals surface area contributed by atoms with Gasteiger partial charge in [-0.1, -0.05) is 13.3 Å². The molecule has 0 saturated carbocycles. The number of aromatic nitrogens is 1. The van der Waals surface area contributed by atoms with Crippen molar-refractivity contribution in [3.63, 3.8) is 0 Å². The first-order valence-electron chi connectivity index (χ1n) is 5.05. The Morgan fingerprint density at radius 1 is 1.56 bits per heavy atom. The Hall–Kier alpha value is -1.29. The van der Waals surface area contributed by atoms with E-state index in [2.05, 4.69) is 11.9 Å². The summed E-state index contributed by atoms with van der Waals surface area (Å²) in [7, 11) is 1.43. The van der Waals surface area contributed by atoms with Crippen molar-refractivity contribution in [1.29, 1.82) is 0 Å². The number of rotatable bonds is 6. The number of nitrogens with zero attached hydrogens (tertiary/aromatic N) is 1. The molecule has 0 saturated heterocycles. The van der Waals surface area contributed by atoms with Crippen molar-refractivity contribution in [3.05, 3.63) is 17.8 Å². The number of halogens is 1. The standard InChI is InChI=1S/C11H14ClNO3/c1-3-4-5-16-8-6-9(10(12)14)11(15-2)13-7-8/h6-7H,3-5H2,1-2H3. The largest absolute Gasteiger partial charge is 0.492 e. The van der Waals surface area contributed by atoms with Gasteiger partial charge in [0.1, 0.15) is 5.75 Å². The van der Waals surface area contributed by atoms with E-state index in [1.54, 1.807) is 0 Å². The molecule has 0 radical (unpaired) electrons. The van der Waals surface area contributed by atoms with Gasteiger partial charge in [0, 0.05) is 0 Å². The normalized spacial score (nSPS) is 9.94. The second-order valence-electron chi connectivity index (χ2n) is 3.20. The van der Waals surface area contributed by atoms with Gasteiger partial charge in [-0.15, -0.1) is 0 Å². The zero-order chi connectivity index (χ0) is 12.0. The van der Waals surface area contributed by atoms with E-state index >= 15 is 0 Å². The minimum atomic E-state index is -0.606. The first-order chi connectivity index (χ1) is 7.69. The minimum Gasteiger partial charge on any atom is -0.492 e. The summed E-state index contributed by atoms with van der Waals surface area (Å²) < 4.78 is 10.3. The molecule has 1 heterocycles. The van der Waals surface area contributed by atoms with Crippen LogP contribution in [-0.2, 0) is 0 Å². The maximum absolute atomic E-state index is 11.1. The molecule has 0 fully saturated rings. The van der Waals surface area contributed by atoms with Gasteiger partial charge >= 0.3 is 0 Å². The summed E-state index contributed by atoms with van der Waals surface area (Å²) in [4.78, 5) is 15.0. The summed E-state index contributed by atoms with van der Waals surface area (Å²) in [6.07, 6.45) is 3.51. The van der Waals surface area contributed by atoms with Gasteiger partial charge in [0.05, 0.1) is 25.5 Å². The van der Waals surface area contributed by atoms with E-state index in [1.807, 2.05) is 0 Å². The van der Waals surface area contributed by atoms with Crippen LogP contribution in [0.4, 0.5) is 0 Å². The SMILES string of the molecule is CCCCOc1cnc(OC)c(C(=O)Cl)c1. The van der Waals surface area contributed by atoms with Crippen LogP contribution >= 0.6 is 11.6 Å². The number of hydrogen-bond acceptors (Lipinski definition) is 4. The van der Waals surface area contributed by atoms with Crippen molar-refractivity contribution in [1.82, 2.24) is 4.98 Å². The van der Waals surface area contributed by atoms with E-state index in [9.17, 15) is 4.79 Å². The number of carbonyl (C=O) groups excluding carboxylic acids is 1. The topological polar surface area (TPSA) is 48.4 Å². The molecule has 16 heavy (non-hydrogen) atoms. The van der Waals surface area contributed by atoms with E-state index in [0.29, 0.717) is 12.4 Å². The van der Waals surface area contributed by atoms with Gasteiger partial charge in [0.25, 0.3) is 5.24 Å². The second-order valence-corrected chi connectivity index (χ2v) is 3.55. The van der Waals surface area contributed by atoms with Gasteiger partial charge < -0.3 is 9.47 Å². The van der Waals surface area contributed by atoms with Crippen LogP contribution in [0.3, 0.4) is 0 Å². The van der Waals surface area contributed by atoms with Crippen LogP contribution < -0.4 is 9.47 Å². The number of ether oxygens (including phenoxy) is 2. The summed E-state index contributed by atoms with van der Waals surface area (Å²) in [5.41, 5.74) is 0.221. The lowest BCUT2D eigenvalue weighted by atomic mass is 10.3. The Morgan fingerprint density at radius 3 is 2.88 bits per heavy atom. The van der Waals surface area contributed by atoms with Crippen LogP contribution in [0.25, 0.3) is 0 Å². The lowest BCUT2D eigenvalue weighted by Gasteiger charge is -2.08. The van der Waals surface area contributed by atoms with E-state index in [0.717, 1.165) is 12.8 Å². The number of carbonyl (C=O) groups is 1. The Kier molecular flexibility index (Phi) is 5.05. The van der Waals surface area contributed by atoms with Gasteiger partial charge in [-0.2, -0.15) is 0 Å². The third kappa shape index (κ3) is 3.38. The molecule has 1 aromatic heterocycles. The summed E-state index contributed by atoms with van der Waals surface area (Å²) in [5.74, 6) is 0.737. The van der Waals surface area contributed by atoms with Crippen molar-refractivity contribution < 1.29 is 14.3 Å². The molecular weight excluding hydrogens is 230 g/mol. The first kappa shape index (κ1) is 12.8. The van der Waals surface area contributed by atoms with Crippen LogP contribution in [-0.4, -0.2) is 23.9 Å². The second kappa shape index (κ2) is 6.33. The Bertz CT molecular complexity index is 368. The van der Waals surface area contributed by atoms with Crippen LogP contribution in [0.15, 0.2) is 12.3 Å². The number of hydrogen-bond donors (Lipinski definition) is 0. The quantitative estimate of drug-likeness (QED) is 0.569. The summed E-state index contributed by atoms with van der Waals surface area (Å²) in [5, 5.41) is -0.606. The number of methoxy groups -OCH3 is 1. The van der Waals surface area contributed by atoms with Crippen LogP contribution in [0.1, 0.15) is 30.1 Å². The van der Waals surface area contributed by atoms with Crippen LogP contribution in [0.5, 0.6) is 11.6 Å². The Labute approximate surface area is 99.5 Å². The highest BCUT2D eigenvalue weighted by atomic mass is 35.5. The molecule has 0 spiro atoms. The molecule has 0 aromatic carbocycles. The predicted octanol–water partition coefficient (Wildman–Crippen LogP) is 2.65. The highest BCUT2D eigenvalue weighted by Gasteiger charge is 2.12. The van der Waals surface area contributed by atoms with Crippen molar-refractivity contribution in [3.8, 4) is 11.6 Å². The molecule has 0 unspecified atom stereocenters. The summed E-state index contributed by atoms with van der Waals surface area (Å²) >= 11 is 5.41. The summed E-state index contributed by atoms with van der Waals surface area (Å²) in [6.45, 7) is 2.67. The lowest BCUT2D eigenvalue weighted by molar-refractivity contribution is 0.107. The first-order valence-corrected chi connectivity index (χ1v) is 5.43. The molecule has 0 N–H and O–H groups in total. The molecule has 5 heteroatoms. The average Bonchev–Trinajstić information content (AvgIpc) is 2.29. The fourth-order valence-electron chi connectivity index (χ4n) is 1.15. The molecule has 4 nitrogen and oxygen atoms in total. The molecule has 0 bridgehead atoms. The van der Waals surface area contributed by atoms with Gasteiger partial charge in [-0.05, 0) is 24.1 Å². The molecule has 0 aliphatic rings. The van der Waals surface area contributed by atoms with Crippen molar-refractivity contribution in [2.24, 2.45) is 0 Å². The Morgan fingerprint density at radius 2 is 2.31 bits per heavy atom. The third-order valence-corrected chi connectivity index (χ3v) is 2.20. The fraction of sp³-hybridized carbons (Fsp3) is 0.455. The molecule has 88 valence electrons. The molecule has 0 amide bonds. The van der Waals surface area contributed by atoms with Crippen LogP contribution in [0.2, 0.25) is 0 Å². The molecule has 1 aromatic rings.